The van der Waals surface area contributed by atoms with E-state index >= 15 is 0 Å². The van der Waals surface area contributed by atoms with Gasteiger partial charge in [0.15, 0.2) is 0 Å². The van der Waals surface area contributed by atoms with E-state index < -0.39 is 10.0 Å². The van der Waals surface area contributed by atoms with E-state index in [4.69, 9.17) is 4.74 Å². The van der Waals surface area contributed by atoms with Gasteiger partial charge in [-0.1, -0.05) is 35.9 Å². The molecule has 0 radical (unpaired) electrons. The number of aryl methyl sites for hydroxylation is 1. The molecule has 1 heterocycles. The van der Waals surface area contributed by atoms with Crippen molar-refractivity contribution in [3.05, 3.63) is 65.7 Å². The molecular weight excluding hydrogens is 310 g/mol. The van der Waals surface area contributed by atoms with Crippen molar-refractivity contribution in [2.45, 2.75) is 11.8 Å². The Bertz CT molecular complexity index is 822. The van der Waals surface area contributed by atoms with Crippen LogP contribution in [0.3, 0.4) is 0 Å². The van der Waals surface area contributed by atoms with Gasteiger partial charge < -0.3 is 4.74 Å². The summed E-state index contributed by atoms with van der Waals surface area (Å²) in [5, 5.41) is 0. The molecule has 0 saturated heterocycles. The van der Waals surface area contributed by atoms with Gasteiger partial charge in [-0.25, -0.2) is 8.42 Å². The Morgan fingerprint density at radius 2 is 1.65 bits per heavy atom. The van der Waals surface area contributed by atoms with Crippen LogP contribution >= 0.6 is 0 Å². The largest absolute Gasteiger partial charge is 0.497 e. The van der Waals surface area contributed by atoms with Gasteiger partial charge in [0.25, 0.3) is 0 Å². The maximum Gasteiger partial charge on any atom is 0.243 e. The van der Waals surface area contributed by atoms with E-state index in [-0.39, 0.29) is 0 Å². The van der Waals surface area contributed by atoms with Gasteiger partial charge in [-0.05, 0) is 42.3 Å². The third-order valence-electron chi connectivity index (χ3n) is 4.01. The minimum atomic E-state index is -3.45. The van der Waals surface area contributed by atoms with Gasteiger partial charge in [0, 0.05) is 13.1 Å². The van der Waals surface area contributed by atoms with E-state index in [1.807, 2.05) is 49.4 Å². The normalized spacial score (nSPS) is 15.5. The monoisotopic (exact) mass is 329 g/mol. The molecule has 120 valence electrons. The fraction of sp³-hybridized carbons (Fsp3) is 0.222. The van der Waals surface area contributed by atoms with E-state index in [2.05, 4.69) is 0 Å². The number of rotatable bonds is 4. The van der Waals surface area contributed by atoms with E-state index in [0.29, 0.717) is 18.0 Å². The highest BCUT2D eigenvalue weighted by molar-refractivity contribution is 7.89. The van der Waals surface area contributed by atoms with E-state index in [0.717, 1.165) is 22.4 Å². The summed E-state index contributed by atoms with van der Waals surface area (Å²) in [5.41, 5.74) is 3.08. The smallest absolute Gasteiger partial charge is 0.243 e. The summed E-state index contributed by atoms with van der Waals surface area (Å²) in [6.45, 7) is 2.73. The number of benzene rings is 2. The molecule has 0 aliphatic carbocycles. The average Bonchev–Trinajstić information content (AvgIpc) is 3.06. The molecular formula is C18H19NO3S. The van der Waals surface area contributed by atoms with Crippen LogP contribution in [0, 0.1) is 6.92 Å². The molecule has 5 heteroatoms. The summed E-state index contributed by atoms with van der Waals surface area (Å²) in [7, 11) is -1.83. The minimum absolute atomic E-state index is 0.340. The lowest BCUT2D eigenvalue weighted by Crippen LogP contribution is -2.29. The Hall–Kier alpha value is -2.11. The van der Waals surface area contributed by atoms with Gasteiger partial charge >= 0.3 is 0 Å². The van der Waals surface area contributed by atoms with Gasteiger partial charge in [0.1, 0.15) is 5.75 Å². The fourth-order valence-electron chi connectivity index (χ4n) is 2.59. The maximum absolute atomic E-state index is 12.7. The number of sulfonamides is 1. The van der Waals surface area contributed by atoms with Crippen LogP contribution in [0.4, 0.5) is 0 Å². The molecule has 3 rings (SSSR count). The Morgan fingerprint density at radius 3 is 2.26 bits per heavy atom. The van der Waals surface area contributed by atoms with Crippen LogP contribution < -0.4 is 4.74 Å². The highest BCUT2D eigenvalue weighted by Gasteiger charge is 2.28. The Morgan fingerprint density at radius 1 is 1.00 bits per heavy atom. The van der Waals surface area contributed by atoms with E-state index in [1.54, 1.807) is 19.2 Å². The van der Waals surface area contributed by atoms with Gasteiger partial charge in [-0.2, -0.15) is 4.31 Å². The first-order chi connectivity index (χ1) is 11.0. The van der Waals surface area contributed by atoms with E-state index in [1.165, 1.54) is 4.31 Å². The molecule has 0 atom stereocenters. The second-order valence-electron chi connectivity index (χ2n) is 5.57. The van der Waals surface area contributed by atoms with Crippen molar-refractivity contribution in [1.29, 1.82) is 0 Å². The number of nitrogens with zero attached hydrogens (tertiary/aromatic N) is 1. The summed E-state index contributed by atoms with van der Waals surface area (Å²) in [5.74, 6) is 0.788. The summed E-state index contributed by atoms with van der Waals surface area (Å²) in [6.07, 6.45) is 1.97. The van der Waals surface area contributed by atoms with Gasteiger partial charge in [0.2, 0.25) is 10.0 Å². The molecule has 0 bridgehead atoms. The van der Waals surface area contributed by atoms with Crippen molar-refractivity contribution in [2.75, 3.05) is 20.2 Å². The van der Waals surface area contributed by atoms with Crippen LogP contribution in [0.15, 0.2) is 59.5 Å². The van der Waals surface area contributed by atoms with Crippen molar-refractivity contribution in [3.63, 3.8) is 0 Å². The van der Waals surface area contributed by atoms with Gasteiger partial charge in [-0.3, -0.25) is 0 Å². The second-order valence-corrected chi connectivity index (χ2v) is 7.51. The predicted molar refractivity (Wildman–Crippen MR) is 90.9 cm³/mol. The zero-order valence-electron chi connectivity index (χ0n) is 13.2. The van der Waals surface area contributed by atoms with Crippen LogP contribution in [0.25, 0.3) is 5.57 Å². The van der Waals surface area contributed by atoms with E-state index in [9.17, 15) is 8.42 Å². The lowest BCUT2D eigenvalue weighted by molar-refractivity contribution is 0.415. The summed E-state index contributed by atoms with van der Waals surface area (Å²) in [4.78, 5) is 0.340. The highest BCUT2D eigenvalue weighted by atomic mass is 32.2. The number of ether oxygens (including phenoxy) is 1. The molecule has 0 N–H and O–H groups in total. The Labute approximate surface area is 137 Å². The maximum atomic E-state index is 12.7. The summed E-state index contributed by atoms with van der Waals surface area (Å²) < 4.78 is 32.0. The molecule has 0 aromatic heterocycles. The quantitative estimate of drug-likeness (QED) is 0.866. The van der Waals surface area contributed by atoms with Gasteiger partial charge in [0.05, 0.1) is 12.0 Å². The molecule has 0 fully saturated rings. The van der Waals surface area contributed by atoms with Crippen LogP contribution in [-0.2, 0) is 10.0 Å². The molecule has 4 nitrogen and oxygen atoms in total. The first-order valence-corrected chi connectivity index (χ1v) is 8.85. The second kappa shape index (κ2) is 6.18. The zero-order valence-corrected chi connectivity index (χ0v) is 14.0. The Balaban J connectivity index is 1.78. The molecule has 0 unspecified atom stereocenters. The molecule has 2 aromatic carbocycles. The standard InChI is InChI=1S/C18H19NO3S/c1-14-3-9-18(10-4-14)23(20,21)19-12-11-16(13-19)15-5-7-17(22-2)8-6-15/h3-11H,12-13H2,1-2H3. The number of hydrogen-bond acceptors (Lipinski definition) is 3. The third kappa shape index (κ3) is 3.16. The molecule has 1 aliphatic heterocycles. The van der Waals surface area contributed by atoms with Gasteiger partial charge in [-0.15, -0.1) is 0 Å². The topological polar surface area (TPSA) is 46.6 Å². The summed E-state index contributed by atoms with van der Waals surface area (Å²) in [6, 6.07) is 14.6. The van der Waals surface area contributed by atoms with Crippen molar-refractivity contribution in [1.82, 2.24) is 4.31 Å². The minimum Gasteiger partial charge on any atom is -0.497 e. The lowest BCUT2D eigenvalue weighted by atomic mass is 10.1. The van der Waals surface area contributed by atoms with Crippen LogP contribution in [0.1, 0.15) is 11.1 Å². The molecule has 0 saturated carbocycles. The third-order valence-corrected chi connectivity index (χ3v) is 5.83. The lowest BCUT2D eigenvalue weighted by Gasteiger charge is -2.17. The van der Waals surface area contributed by atoms with Crippen molar-refractivity contribution >= 4 is 15.6 Å². The van der Waals surface area contributed by atoms with Crippen LogP contribution in [0.2, 0.25) is 0 Å². The van der Waals surface area contributed by atoms with Crippen molar-refractivity contribution in [3.8, 4) is 5.75 Å². The van der Waals surface area contributed by atoms with Crippen LogP contribution in [-0.4, -0.2) is 32.9 Å². The van der Waals surface area contributed by atoms with Crippen molar-refractivity contribution in [2.24, 2.45) is 0 Å². The first-order valence-electron chi connectivity index (χ1n) is 7.41. The molecule has 23 heavy (non-hydrogen) atoms. The molecule has 0 amide bonds. The summed E-state index contributed by atoms with van der Waals surface area (Å²) >= 11 is 0. The molecule has 0 spiro atoms. The Kier molecular flexibility index (Phi) is 4.24. The SMILES string of the molecule is COc1ccc(C2=CCN(S(=O)(=O)c3ccc(C)cc3)C2)cc1. The number of methoxy groups -OCH3 is 1. The highest BCUT2D eigenvalue weighted by Crippen LogP contribution is 2.27. The predicted octanol–water partition coefficient (Wildman–Crippen LogP) is 3.09. The first kappa shape index (κ1) is 15.8. The molecule has 1 aliphatic rings. The van der Waals surface area contributed by atoms with Crippen molar-refractivity contribution < 1.29 is 13.2 Å². The zero-order chi connectivity index (χ0) is 16.4. The average molecular weight is 329 g/mol. The molecule has 2 aromatic rings. The van der Waals surface area contributed by atoms with Crippen LogP contribution in [0.5, 0.6) is 5.75 Å². The fourth-order valence-corrected chi connectivity index (χ4v) is 3.95. The number of hydrogen-bond donors (Lipinski definition) is 0.